The summed E-state index contributed by atoms with van der Waals surface area (Å²) in [7, 11) is 0. The van der Waals surface area contributed by atoms with Crippen molar-refractivity contribution in [2.24, 2.45) is 5.16 Å². The molecule has 1 saturated carbocycles. The van der Waals surface area contributed by atoms with Gasteiger partial charge in [0, 0.05) is 17.8 Å². The van der Waals surface area contributed by atoms with Gasteiger partial charge in [-0.25, -0.2) is 9.78 Å². The summed E-state index contributed by atoms with van der Waals surface area (Å²) in [6.45, 7) is 3.69. The number of amides is 1. The third-order valence-corrected chi connectivity index (χ3v) is 3.29. The highest BCUT2D eigenvalue weighted by Crippen LogP contribution is 2.17. The van der Waals surface area contributed by atoms with Crippen molar-refractivity contribution in [3.63, 3.8) is 0 Å². The quantitative estimate of drug-likeness (QED) is 0.498. The first-order valence-corrected chi connectivity index (χ1v) is 6.42. The number of aromatic nitrogens is 2. The van der Waals surface area contributed by atoms with E-state index in [0.717, 1.165) is 12.8 Å². The number of nitrogens with zero attached hydrogens (tertiary/aromatic N) is 3. The molecule has 0 aliphatic heterocycles. The fourth-order valence-corrected chi connectivity index (χ4v) is 2.23. The number of rotatable bonds is 3. The molecule has 1 aromatic rings. The van der Waals surface area contributed by atoms with Gasteiger partial charge >= 0.3 is 6.03 Å². The van der Waals surface area contributed by atoms with E-state index in [4.69, 9.17) is 5.21 Å². The molecule has 1 amide bonds. The van der Waals surface area contributed by atoms with Crippen LogP contribution in [0.3, 0.4) is 0 Å². The second-order valence-corrected chi connectivity index (χ2v) is 4.72. The molecule has 0 spiro atoms. The highest BCUT2D eigenvalue weighted by atomic mass is 16.4. The van der Waals surface area contributed by atoms with Gasteiger partial charge in [0.1, 0.15) is 6.33 Å². The molecule has 6 heteroatoms. The zero-order chi connectivity index (χ0) is 13.7. The average Bonchev–Trinajstić information content (AvgIpc) is 2.90. The third kappa shape index (κ3) is 3.43. The Hall–Kier alpha value is -2.11. The van der Waals surface area contributed by atoms with Gasteiger partial charge in [0.05, 0.1) is 11.9 Å². The van der Waals surface area contributed by atoms with E-state index in [2.05, 4.69) is 22.0 Å². The fourth-order valence-electron chi connectivity index (χ4n) is 2.23. The van der Waals surface area contributed by atoms with E-state index in [9.17, 15) is 4.79 Å². The maximum Gasteiger partial charge on any atom is 0.327 e. The minimum Gasteiger partial charge on any atom is -0.411 e. The van der Waals surface area contributed by atoms with Crippen LogP contribution in [0, 0.1) is 0 Å². The first kappa shape index (κ1) is 13.3. The molecule has 1 aromatic heterocycles. The van der Waals surface area contributed by atoms with Crippen LogP contribution in [-0.2, 0) is 0 Å². The molecule has 1 aliphatic carbocycles. The van der Waals surface area contributed by atoms with Crippen molar-refractivity contribution >= 4 is 17.8 Å². The van der Waals surface area contributed by atoms with Crippen molar-refractivity contribution in [2.75, 3.05) is 0 Å². The molecule has 102 valence electrons. The van der Waals surface area contributed by atoms with E-state index < -0.39 is 0 Å². The van der Waals surface area contributed by atoms with Gasteiger partial charge in [0.2, 0.25) is 0 Å². The van der Waals surface area contributed by atoms with Crippen molar-refractivity contribution < 1.29 is 10.0 Å². The lowest BCUT2D eigenvalue weighted by Gasteiger charge is -2.22. The Kier molecular flexibility index (Phi) is 4.33. The van der Waals surface area contributed by atoms with E-state index in [1.165, 1.54) is 36.4 Å². The first-order valence-electron chi connectivity index (χ1n) is 6.42. The van der Waals surface area contributed by atoms with Crippen molar-refractivity contribution in [1.82, 2.24) is 14.9 Å². The maximum absolute atomic E-state index is 12.0. The van der Waals surface area contributed by atoms with E-state index >= 15 is 0 Å². The summed E-state index contributed by atoms with van der Waals surface area (Å²) >= 11 is 0. The van der Waals surface area contributed by atoms with Crippen LogP contribution in [0.5, 0.6) is 0 Å². The summed E-state index contributed by atoms with van der Waals surface area (Å²) in [5.74, 6) is 0. The Balaban J connectivity index is 1.97. The second-order valence-electron chi connectivity index (χ2n) is 4.72. The highest BCUT2D eigenvalue weighted by Gasteiger charge is 2.16. The van der Waals surface area contributed by atoms with Gasteiger partial charge in [-0.1, -0.05) is 31.0 Å². The van der Waals surface area contributed by atoms with Gasteiger partial charge in [0.25, 0.3) is 0 Å². The number of oxime groups is 1. The summed E-state index contributed by atoms with van der Waals surface area (Å²) in [5, 5.41) is 14.3. The van der Waals surface area contributed by atoms with Crippen molar-refractivity contribution in [1.29, 1.82) is 0 Å². The molecule has 1 aliphatic rings. The average molecular weight is 262 g/mol. The largest absolute Gasteiger partial charge is 0.411 e. The number of carbonyl (C=O) groups excluding carboxylic acids is 1. The number of imidazole rings is 1. The maximum atomic E-state index is 12.0. The Labute approximate surface area is 111 Å². The molecule has 19 heavy (non-hydrogen) atoms. The lowest BCUT2D eigenvalue weighted by Crippen LogP contribution is -2.38. The monoisotopic (exact) mass is 262 g/mol. The molecular weight excluding hydrogens is 244 g/mol. The molecule has 0 saturated heterocycles. The summed E-state index contributed by atoms with van der Waals surface area (Å²) in [6, 6.07) is 0.0775. The zero-order valence-electron chi connectivity index (χ0n) is 10.7. The van der Waals surface area contributed by atoms with Gasteiger partial charge in [0.15, 0.2) is 0 Å². The Bertz CT molecular complexity index is 487. The number of hydrogen-bond acceptors (Lipinski definition) is 4. The van der Waals surface area contributed by atoms with Crippen LogP contribution in [0.1, 0.15) is 37.8 Å². The molecule has 0 unspecified atom stereocenters. The van der Waals surface area contributed by atoms with Gasteiger partial charge in [-0.15, -0.1) is 0 Å². The normalized spacial score (nSPS) is 16.6. The Morgan fingerprint density at radius 3 is 2.95 bits per heavy atom. The summed E-state index contributed by atoms with van der Waals surface area (Å²) in [6.07, 6.45) is 9.86. The molecule has 1 fully saturated rings. The lowest BCUT2D eigenvalue weighted by molar-refractivity contribution is 0.234. The van der Waals surface area contributed by atoms with E-state index in [-0.39, 0.29) is 12.1 Å². The minimum absolute atomic E-state index is 0.181. The van der Waals surface area contributed by atoms with Gasteiger partial charge in [-0.05, 0) is 12.8 Å². The van der Waals surface area contributed by atoms with Crippen LogP contribution < -0.4 is 5.32 Å². The number of nitrogens with one attached hydrogen (secondary N) is 1. The number of allylic oxidation sites excluding steroid dienone is 1. The molecule has 0 aromatic carbocycles. The fraction of sp³-hybridized carbons (Fsp3) is 0.462. The van der Waals surface area contributed by atoms with E-state index in [1.54, 1.807) is 6.20 Å². The summed E-state index contributed by atoms with van der Waals surface area (Å²) in [5.41, 5.74) is 0.961. The summed E-state index contributed by atoms with van der Waals surface area (Å²) < 4.78 is 1.39. The Morgan fingerprint density at radius 1 is 1.53 bits per heavy atom. The van der Waals surface area contributed by atoms with Gasteiger partial charge in [-0.2, -0.15) is 0 Å². The molecule has 6 nitrogen and oxygen atoms in total. The van der Waals surface area contributed by atoms with Crippen molar-refractivity contribution in [2.45, 2.75) is 38.1 Å². The molecular formula is C13H18N4O2. The molecule has 0 bridgehead atoms. The number of carbonyl (C=O) groups is 1. The smallest absolute Gasteiger partial charge is 0.327 e. The summed E-state index contributed by atoms with van der Waals surface area (Å²) in [4.78, 5) is 16.1. The zero-order valence-corrected chi connectivity index (χ0v) is 10.7. The SMILES string of the molecule is C=C(C=NO)c1cn(C(=O)NC2CCCCC2)cn1. The molecule has 2 rings (SSSR count). The standard InChI is InChI=1S/C13H18N4O2/c1-10(7-15-19)12-8-17(9-14-12)13(18)16-11-5-3-2-4-6-11/h7-9,11,19H,1-6H2,(H,16,18). The lowest BCUT2D eigenvalue weighted by atomic mass is 9.96. The molecule has 0 atom stereocenters. The second kappa shape index (κ2) is 6.17. The van der Waals surface area contributed by atoms with Gasteiger partial charge in [-0.3, -0.25) is 4.57 Å². The molecule has 0 radical (unpaired) electrons. The van der Waals surface area contributed by atoms with Crippen LogP contribution in [0.15, 0.2) is 24.3 Å². The van der Waals surface area contributed by atoms with Crippen LogP contribution in [-0.4, -0.2) is 33.0 Å². The van der Waals surface area contributed by atoms with Crippen molar-refractivity contribution in [3.8, 4) is 0 Å². The topological polar surface area (TPSA) is 79.5 Å². The van der Waals surface area contributed by atoms with E-state index in [1.807, 2.05) is 0 Å². The Morgan fingerprint density at radius 2 is 2.26 bits per heavy atom. The van der Waals surface area contributed by atoms with Crippen molar-refractivity contribution in [3.05, 3.63) is 24.8 Å². The van der Waals surface area contributed by atoms with Crippen LogP contribution in [0.2, 0.25) is 0 Å². The third-order valence-electron chi connectivity index (χ3n) is 3.29. The number of hydrogen-bond donors (Lipinski definition) is 2. The molecule has 1 heterocycles. The van der Waals surface area contributed by atoms with Crippen LogP contribution in [0.25, 0.3) is 5.57 Å². The van der Waals surface area contributed by atoms with Gasteiger partial charge < -0.3 is 10.5 Å². The van der Waals surface area contributed by atoms with Crippen LogP contribution in [0.4, 0.5) is 4.79 Å². The predicted octanol–water partition coefficient (Wildman–Crippen LogP) is 2.25. The van der Waals surface area contributed by atoms with E-state index in [0.29, 0.717) is 11.3 Å². The first-order chi connectivity index (χ1) is 9.20. The van der Waals surface area contributed by atoms with Crippen LogP contribution >= 0.6 is 0 Å². The predicted molar refractivity (Wildman–Crippen MR) is 72.3 cm³/mol. The highest BCUT2D eigenvalue weighted by molar-refractivity contribution is 6.07. The molecule has 2 N–H and O–H groups in total. The minimum atomic E-state index is -0.181.